The van der Waals surface area contributed by atoms with E-state index in [0.717, 1.165) is 29.7 Å². The number of hydrogen-bond acceptors (Lipinski definition) is 9. The van der Waals surface area contributed by atoms with E-state index in [1.165, 1.54) is 35.9 Å². The molecule has 1 atom stereocenters. The Kier molecular flexibility index (Phi) is 9.19. The maximum atomic E-state index is 13.5. The third-order valence-electron chi connectivity index (χ3n) is 6.63. The number of aromatic nitrogens is 2. The van der Waals surface area contributed by atoms with E-state index in [-0.39, 0.29) is 22.3 Å². The second kappa shape index (κ2) is 13.2. The van der Waals surface area contributed by atoms with Crippen molar-refractivity contribution in [1.82, 2.24) is 10.2 Å². The number of thioether (sulfide) groups is 1. The monoisotopic (exact) mass is 605 g/mol. The Morgan fingerprint density at radius 2 is 1.81 bits per heavy atom. The molecule has 42 heavy (non-hydrogen) atoms. The Balaban J connectivity index is 1.49. The van der Waals surface area contributed by atoms with Crippen LogP contribution in [0.3, 0.4) is 0 Å². The standard InChI is InChI=1S/C31H28FN3O5S2/c1-3-4-16-40-23-14-10-20(11-15-23)27(36)25-26(21-6-5-7-24(17-21)39-2)35(29(38)28(25)37)30-33-34-31(42-30)41-18-19-8-12-22(32)13-9-19/h5-15,17,26,36H,3-4,16,18H2,1-2H3. The minimum atomic E-state index is -0.969. The normalized spacial score (nSPS) is 16.2. The summed E-state index contributed by atoms with van der Waals surface area (Å²) in [7, 11) is 1.52. The van der Waals surface area contributed by atoms with Gasteiger partial charge in [-0.25, -0.2) is 4.39 Å². The number of carbonyl (C=O) groups excluding carboxylic acids is 2. The highest BCUT2D eigenvalue weighted by Crippen LogP contribution is 2.44. The fraction of sp³-hybridized carbons (Fsp3) is 0.226. The summed E-state index contributed by atoms with van der Waals surface area (Å²) < 4.78 is 24.9. The van der Waals surface area contributed by atoms with Gasteiger partial charge in [-0.2, -0.15) is 0 Å². The third kappa shape index (κ3) is 6.32. The molecule has 1 fully saturated rings. The van der Waals surface area contributed by atoms with Gasteiger partial charge in [-0.05, 0) is 66.1 Å². The number of halogens is 1. The molecule has 1 unspecified atom stereocenters. The van der Waals surface area contributed by atoms with E-state index in [9.17, 15) is 19.1 Å². The van der Waals surface area contributed by atoms with Gasteiger partial charge in [-0.3, -0.25) is 14.5 Å². The minimum Gasteiger partial charge on any atom is -0.507 e. The maximum Gasteiger partial charge on any atom is 0.301 e. The van der Waals surface area contributed by atoms with Crippen LogP contribution in [0.2, 0.25) is 0 Å². The van der Waals surface area contributed by atoms with Gasteiger partial charge in [-0.15, -0.1) is 10.2 Å². The number of ketones is 1. The average molecular weight is 606 g/mol. The first-order chi connectivity index (χ1) is 20.4. The SMILES string of the molecule is CCCCOc1ccc(C(O)=C2C(=O)C(=O)N(c3nnc(SCc4ccc(F)cc4)s3)C2c2cccc(OC)c2)cc1. The van der Waals surface area contributed by atoms with E-state index < -0.39 is 17.7 Å². The lowest BCUT2D eigenvalue weighted by Crippen LogP contribution is -2.29. The number of ether oxygens (including phenoxy) is 2. The number of methoxy groups -OCH3 is 1. The number of amides is 1. The number of carbonyl (C=O) groups is 2. The molecule has 0 radical (unpaired) electrons. The van der Waals surface area contributed by atoms with Gasteiger partial charge in [0.25, 0.3) is 5.78 Å². The molecule has 1 aliphatic heterocycles. The number of anilines is 1. The van der Waals surface area contributed by atoms with Crippen LogP contribution in [-0.2, 0) is 15.3 Å². The van der Waals surface area contributed by atoms with Crippen molar-refractivity contribution in [3.05, 3.63) is 101 Å². The Hall–Kier alpha value is -4.22. The molecule has 0 saturated carbocycles. The van der Waals surface area contributed by atoms with E-state index >= 15 is 0 Å². The van der Waals surface area contributed by atoms with Gasteiger partial charge in [0, 0.05) is 11.3 Å². The van der Waals surface area contributed by atoms with Crippen molar-refractivity contribution in [2.24, 2.45) is 0 Å². The van der Waals surface area contributed by atoms with Gasteiger partial charge in [-0.1, -0.05) is 60.7 Å². The fourth-order valence-electron chi connectivity index (χ4n) is 4.44. The highest BCUT2D eigenvalue weighted by molar-refractivity contribution is 8.00. The fourth-order valence-corrected chi connectivity index (χ4v) is 6.26. The molecule has 1 amide bonds. The zero-order valence-electron chi connectivity index (χ0n) is 23.0. The van der Waals surface area contributed by atoms with Crippen molar-refractivity contribution >= 4 is 45.7 Å². The summed E-state index contributed by atoms with van der Waals surface area (Å²) in [4.78, 5) is 28.2. The summed E-state index contributed by atoms with van der Waals surface area (Å²) in [6.07, 6.45) is 1.93. The lowest BCUT2D eigenvalue weighted by Gasteiger charge is -2.23. The van der Waals surface area contributed by atoms with Crippen LogP contribution in [0.25, 0.3) is 5.76 Å². The number of aliphatic hydroxyl groups excluding tert-OH is 1. The minimum absolute atomic E-state index is 0.0661. The van der Waals surface area contributed by atoms with Crippen LogP contribution in [0.15, 0.2) is 82.7 Å². The molecule has 4 aromatic rings. The summed E-state index contributed by atoms with van der Waals surface area (Å²) in [5.74, 6) is -0.589. The number of unbranched alkanes of at least 4 members (excludes halogenated alkanes) is 1. The van der Waals surface area contributed by atoms with Crippen molar-refractivity contribution in [1.29, 1.82) is 0 Å². The summed E-state index contributed by atoms with van der Waals surface area (Å²) in [5.41, 5.74) is 1.77. The molecule has 1 aliphatic rings. The van der Waals surface area contributed by atoms with Gasteiger partial charge >= 0.3 is 5.91 Å². The van der Waals surface area contributed by atoms with E-state index in [0.29, 0.717) is 39.3 Å². The van der Waals surface area contributed by atoms with Crippen LogP contribution in [0, 0.1) is 5.82 Å². The van der Waals surface area contributed by atoms with Crippen molar-refractivity contribution < 1.29 is 28.6 Å². The Morgan fingerprint density at radius 1 is 1.05 bits per heavy atom. The van der Waals surface area contributed by atoms with Crippen LogP contribution >= 0.6 is 23.1 Å². The number of rotatable bonds is 11. The molecule has 0 aliphatic carbocycles. The predicted molar refractivity (Wildman–Crippen MR) is 160 cm³/mol. The molecular formula is C31H28FN3O5S2. The van der Waals surface area contributed by atoms with Crippen molar-refractivity contribution in [3.8, 4) is 11.5 Å². The van der Waals surface area contributed by atoms with Gasteiger partial charge < -0.3 is 14.6 Å². The molecule has 0 spiro atoms. The van der Waals surface area contributed by atoms with Crippen LogP contribution in [0.1, 0.15) is 42.5 Å². The highest BCUT2D eigenvalue weighted by Gasteiger charge is 2.48. The largest absolute Gasteiger partial charge is 0.507 e. The first-order valence-corrected chi connectivity index (χ1v) is 15.1. The Bertz CT molecular complexity index is 1610. The number of benzene rings is 3. The zero-order valence-corrected chi connectivity index (χ0v) is 24.6. The maximum absolute atomic E-state index is 13.5. The highest BCUT2D eigenvalue weighted by atomic mass is 32.2. The lowest BCUT2D eigenvalue weighted by molar-refractivity contribution is -0.132. The van der Waals surface area contributed by atoms with E-state index in [1.54, 1.807) is 60.7 Å². The predicted octanol–water partition coefficient (Wildman–Crippen LogP) is 6.78. The number of hydrogen-bond donors (Lipinski definition) is 1. The average Bonchev–Trinajstić information content (AvgIpc) is 3.58. The van der Waals surface area contributed by atoms with Gasteiger partial charge in [0.1, 0.15) is 23.1 Å². The molecule has 0 bridgehead atoms. The third-order valence-corrected chi connectivity index (χ3v) is 8.75. The molecule has 216 valence electrons. The molecule has 8 nitrogen and oxygen atoms in total. The van der Waals surface area contributed by atoms with Crippen molar-refractivity contribution in [2.75, 3.05) is 18.6 Å². The quantitative estimate of drug-likeness (QED) is 0.0499. The Labute approximate surface area is 250 Å². The molecule has 1 N–H and O–H groups in total. The summed E-state index contributed by atoms with van der Waals surface area (Å²) in [5, 5.41) is 20.1. The topological polar surface area (TPSA) is 102 Å². The lowest BCUT2D eigenvalue weighted by atomic mass is 9.95. The van der Waals surface area contributed by atoms with Crippen molar-refractivity contribution in [2.45, 2.75) is 35.9 Å². The van der Waals surface area contributed by atoms with Gasteiger partial charge in [0.05, 0.1) is 25.3 Å². The summed E-state index contributed by atoms with van der Waals surface area (Å²) in [6.45, 7) is 2.66. The van der Waals surface area contributed by atoms with Crippen LogP contribution < -0.4 is 14.4 Å². The second-order valence-electron chi connectivity index (χ2n) is 9.44. The number of aliphatic hydroxyl groups is 1. The molecule has 3 aromatic carbocycles. The first kappa shape index (κ1) is 29.3. The molecule has 2 heterocycles. The first-order valence-electron chi connectivity index (χ1n) is 13.3. The summed E-state index contributed by atoms with van der Waals surface area (Å²) in [6, 6.07) is 18.9. The van der Waals surface area contributed by atoms with Gasteiger partial charge in [0.2, 0.25) is 5.13 Å². The number of Topliss-reactive ketones (excluding diaryl/α,β-unsaturated/α-hetero) is 1. The number of nitrogens with zero attached hydrogens (tertiary/aromatic N) is 3. The zero-order chi connectivity index (χ0) is 29.6. The molecular weight excluding hydrogens is 577 g/mol. The van der Waals surface area contributed by atoms with E-state index in [4.69, 9.17) is 9.47 Å². The Morgan fingerprint density at radius 3 is 2.52 bits per heavy atom. The van der Waals surface area contributed by atoms with E-state index in [2.05, 4.69) is 17.1 Å². The van der Waals surface area contributed by atoms with Crippen LogP contribution in [-0.4, -0.2) is 40.7 Å². The van der Waals surface area contributed by atoms with Crippen LogP contribution in [0.5, 0.6) is 11.5 Å². The van der Waals surface area contributed by atoms with Crippen molar-refractivity contribution in [3.63, 3.8) is 0 Å². The summed E-state index contributed by atoms with van der Waals surface area (Å²) >= 11 is 2.54. The molecule has 1 saturated heterocycles. The molecule has 5 rings (SSSR count). The smallest absolute Gasteiger partial charge is 0.301 e. The van der Waals surface area contributed by atoms with E-state index in [1.807, 2.05) is 0 Å². The van der Waals surface area contributed by atoms with Gasteiger partial charge in [0.15, 0.2) is 4.34 Å². The molecule has 1 aromatic heterocycles. The molecule has 11 heteroatoms. The van der Waals surface area contributed by atoms with Crippen LogP contribution in [0.4, 0.5) is 9.52 Å². The second-order valence-corrected chi connectivity index (χ2v) is 11.6.